The van der Waals surface area contributed by atoms with E-state index in [4.69, 9.17) is 4.42 Å². The third kappa shape index (κ3) is 5.04. The Balaban J connectivity index is 1.35. The standard InChI is InChI=1S/C25H25N3O5S/c1-17-7-5-8-18(2)24(17)27-34(31,32)20-14-12-19(13-15-20)26-23(29)11-6-16-28-21-9-3-4-10-22(21)33-25(28)30/h3-5,7-10,12-15,27H,6,11,16H2,1-2H3,(H,26,29). The molecule has 4 rings (SSSR count). The van der Waals surface area contributed by atoms with Crippen LogP contribution in [0.3, 0.4) is 0 Å². The first kappa shape index (κ1) is 23.3. The van der Waals surface area contributed by atoms with Gasteiger partial charge in [-0.1, -0.05) is 30.3 Å². The quantitative estimate of drug-likeness (QED) is 0.388. The Morgan fingerprint density at radius 3 is 2.32 bits per heavy atom. The number of carbonyl (C=O) groups is 1. The normalized spacial score (nSPS) is 11.5. The highest BCUT2D eigenvalue weighted by atomic mass is 32.2. The van der Waals surface area contributed by atoms with E-state index in [1.165, 1.54) is 16.7 Å². The van der Waals surface area contributed by atoms with E-state index >= 15 is 0 Å². The number of aryl methyl sites for hydroxylation is 3. The Hall–Kier alpha value is -3.85. The maximum absolute atomic E-state index is 12.8. The molecule has 0 saturated carbocycles. The van der Waals surface area contributed by atoms with E-state index in [-0.39, 0.29) is 17.2 Å². The molecule has 0 saturated heterocycles. The van der Waals surface area contributed by atoms with Crippen LogP contribution in [-0.2, 0) is 21.4 Å². The molecular weight excluding hydrogens is 454 g/mol. The van der Waals surface area contributed by atoms with Crippen LogP contribution in [-0.4, -0.2) is 18.9 Å². The highest BCUT2D eigenvalue weighted by Crippen LogP contribution is 2.24. The Morgan fingerprint density at radius 2 is 1.62 bits per heavy atom. The van der Waals surface area contributed by atoms with Crippen LogP contribution >= 0.6 is 0 Å². The number of hydrogen-bond acceptors (Lipinski definition) is 5. The number of anilines is 2. The van der Waals surface area contributed by atoms with Gasteiger partial charge in [0.1, 0.15) is 0 Å². The van der Waals surface area contributed by atoms with Crippen LogP contribution in [0.2, 0.25) is 0 Å². The van der Waals surface area contributed by atoms with Crippen LogP contribution in [0.4, 0.5) is 11.4 Å². The molecule has 176 valence electrons. The average molecular weight is 480 g/mol. The van der Waals surface area contributed by atoms with Gasteiger partial charge < -0.3 is 9.73 Å². The van der Waals surface area contributed by atoms with E-state index in [1.807, 2.05) is 38.1 Å². The highest BCUT2D eigenvalue weighted by molar-refractivity contribution is 7.92. The minimum Gasteiger partial charge on any atom is -0.408 e. The molecule has 0 atom stereocenters. The Bertz CT molecular complexity index is 1480. The van der Waals surface area contributed by atoms with Crippen LogP contribution in [0, 0.1) is 13.8 Å². The van der Waals surface area contributed by atoms with Gasteiger partial charge >= 0.3 is 5.76 Å². The summed E-state index contributed by atoms with van der Waals surface area (Å²) in [5.41, 5.74) is 3.92. The predicted octanol–water partition coefficient (Wildman–Crippen LogP) is 4.43. The number of oxazole rings is 1. The van der Waals surface area contributed by atoms with Gasteiger partial charge in [-0.15, -0.1) is 0 Å². The molecule has 1 heterocycles. The number of aromatic nitrogens is 1. The first-order chi connectivity index (χ1) is 16.2. The number of para-hydroxylation sites is 3. The van der Waals surface area contributed by atoms with E-state index in [0.29, 0.717) is 35.4 Å². The molecule has 1 aromatic heterocycles. The lowest BCUT2D eigenvalue weighted by atomic mass is 10.1. The zero-order chi connectivity index (χ0) is 24.3. The van der Waals surface area contributed by atoms with Crippen molar-refractivity contribution in [3.8, 4) is 0 Å². The van der Waals surface area contributed by atoms with E-state index < -0.39 is 15.8 Å². The van der Waals surface area contributed by atoms with Gasteiger partial charge in [-0.2, -0.15) is 0 Å². The monoisotopic (exact) mass is 479 g/mol. The highest BCUT2D eigenvalue weighted by Gasteiger charge is 2.17. The van der Waals surface area contributed by atoms with Crippen molar-refractivity contribution in [2.45, 2.75) is 38.1 Å². The summed E-state index contributed by atoms with van der Waals surface area (Å²) in [4.78, 5) is 24.4. The van der Waals surface area contributed by atoms with Gasteiger partial charge in [-0.3, -0.25) is 14.1 Å². The van der Waals surface area contributed by atoms with E-state index in [0.717, 1.165) is 11.1 Å². The van der Waals surface area contributed by atoms with Crippen molar-refractivity contribution >= 4 is 38.4 Å². The van der Waals surface area contributed by atoms with Crippen LogP contribution < -0.4 is 15.8 Å². The Labute approximate surface area is 197 Å². The lowest BCUT2D eigenvalue weighted by molar-refractivity contribution is -0.116. The fraction of sp³-hybridized carbons (Fsp3) is 0.200. The largest absolute Gasteiger partial charge is 0.419 e. The van der Waals surface area contributed by atoms with Crippen LogP contribution in [0.1, 0.15) is 24.0 Å². The average Bonchev–Trinajstić information content (AvgIpc) is 3.12. The number of carbonyl (C=O) groups excluding carboxylic acids is 1. The van der Waals surface area contributed by atoms with E-state index in [9.17, 15) is 18.0 Å². The number of nitrogens with one attached hydrogen (secondary N) is 2. The molecule has 0 aliphatic carbocycles. The SMILES string of the molecule is Cc1cccc(C)c1NS(=O)(=O)c1ccc(NC(=O)CCCn2c(=O)oc3ccccc32)cc1. The van der Waals surface area contributed by atoms with Crippen molar-refractivity contribution < 1.29 is 17.6 Å². The molecule has 0 radical (unpaired) electrons. The molecule has 0 unspecified atom stereocenters. The molecular formula is C25H25N3O5S. The number of nitrogens with zero attached hydrogens (tertiary/aromatic N) is 1. The van der Waals surface area contributed by atoms with E-state index in [2.05, 4.69) is 10.0 Å². The number of benzene rings is 3. The maximum atomic E-state index is 12.8. The van der Waals surface area contributed by atoms with Gasteiger partial charge in [0.15, 0.2) is 5.58 Å². The summed E-state index contributed by atoms with van der Waals surface area (Å²) >= 11 is 0. The molecule has 9 heteroatoms. The molecule has 34 heavy (non-hydrogen) atoms. The molecule has 8 nitrogen and oxygen atoms in total. The molecule has 1 amide bonds. The zero-order valence-electron chi connectivity index (χ0n) is 18.9. The van der Waals surface area contributed by atoms with E-state index in [1.54, 1.807) is 30.3 Å². The predicted molar refractivity (Wildman–Crippen MR) is 132 cm³/mol. The van der Waals surface area contributed by atoms with Crippen LogP contribution in [0.25, 0.3) is 11.1 Å². The Morgan fingerprint density at radius 1 is 0.941 bits per heavy atom. The van der Waals surface area contributed by atoms with Crippen molar-refractivity contribution in [3.05, 3.63) is 88.4 Å². The van der Waals surface area contributed by atoms with Crippen LogP contribution in [0.15, 0.2) is 80.8 Å². The minimum atomic E-state index is -3.77. The third-order valence-electron chi connectivity index (χ3n) is 5.53. The third-order valence-corrected chi connectivity index (χ3v) is 6.89. The number of sulfonamides is 1. The Kier molecular flexibility index (Phi) is 6.56. The summed E-state index contributed by atoms with van der Waals surface area (Å²) in [7, 11) is -3.77. The topological polar surface area (TPSA) is 110 Å². The number of hydrogen-bond donors (Lipinski definition) is 2. The van der Waals surface area contributed by atoms with Gasteiger partial charge in [-0.05, 0) is 67.8 Å². The van der Waals surface area contributed by atoms with Crippen LogP contribution in [0.5, 0.6) is 0 Å². The lowest BCUT2D eigenvalue weighted by Gasteiger charge is -2.13. The smallest absolute Gasteiger partial charge is 0.408 e. The molecule has 0 fully saturated rings. The summed E-state index contributed by atoms with van der Waals surface area (Å²) in [5, 5.41) is 2.76. The molecule has 4 aromatic rings. The van der Waals surface area contributed by atoms with Crippen molar-refractivity contribution in [2.24, 2.45) is 0 Å². The fourth-order valence-corrected chi connectivity index (χ4v) is 4.94. The molecule has 0 aliphatic rings. The minimum absolute atomic E-state index is 0.0966. The van der Waals surface area contributed by atoms with Crippen molar-refractivity contribution in [1.82, 2.24) is 4.57 Å². The van der Waals surface area contributed by atoms with Crippen molar-refractivity contribution in [1.29, 1.82) is 0 Å². The fourth-order valence-electron chi connectivity index (χ4n) is 3.73. The van der Waals surface area contributed by atoms with Crippen molar-refractivity contribution in [2.75, 3.05) is 10.0 Å². The summed E-state index contributed by atoms with van der Waals surface area (Å²) < 4.78 is 34.9. The first-order valence-electron chi connectivity index (χ1n) is 10.8. The van der Waals surface area contributed by atoms with Gasteiger partial charge in [-0.25, -0.2) is 13.2 Å². The van der Waals surface area contributed by atoms with Gasteiger partial charge in [0.05, 0.1) is 16.1 Å². The first-order valence-corrected chi connectivity index (χ1v) is 12.3. The lowest BCUT2D eigenvalue weighted by Crippen LogP contribution is -2.17. The second-order valence-electron chi connectivity index (χ2n) is 8.04. The summed E-state index contributed by atoms with van der Waals surface area (Å²) in [6, 6.07) is 18.7. The summed E-state index contributed by atoms with van der Waals surface area (Å²) in [5.74, 6) is -0.682. The number of rotatable bonds is 8. The second kappa shape index (κ2) is 9.56. The van der Waals surface area contributed by atoms with Gasteiger partial charge in [0, 0.05) is 18.7 Å². The second-order valence-corrected chi connectivity index (χ2v) is 9.72. The molecule has 0 bridgehead atoms. The zero-order valence-corrected chi connectivity index (χ0v) is 19.7. The summed E-state index contributed by atoms with van der Waals surface area (Å²) in [6.07, 6.45) is 0.640. The van der Waals surface area contributed by atoms with Gasteiger partial charge in [0.2, 0.25) is 5.91 Å². The molecule has 0 spiro atoms. The summed E-state index contributed by atoms with van der Waals surface area (Å²) in [6.45, 7) is 4.04. The molecule has 0 aliphatic heterocycles. The van der Waals surface area contributed by atoms with Crippen molar-refractivity contribution in [3.63, 3.8) is 0 Å². The van der Waals surface area contributed by atoms with Gasteiger partial charge in [0.25, 0.3) is 10.0 Å². The number of fused-ring (bicyclic) bond motifs is 1. The number of amides is 1. The molecule has 3 aromatic carbocycles. The maximum Gasteiger partial charge on any atom is 0.419 e. The molecule has 2 N–H and O–H groups in total.